The average molecular weight is 408 g/mol. The summed E-state index contributed by atoms with van der Waals surface area (Å²) in [6.07, 6.45) is 9.30. The molecule has 2 heterocycles. The topological polar surface area (TPSA) is 75.4 Å². The summed E-state index contributed by atoms with van der Waals surface area (Å²) < 4.78 is 1.83. The summed E-state index contributed by atoms with van der Waals surface area (Å²) >= 11 is 0. The van der Waals surface area contributed by atoms with E-state index < -0.39 is 11.3 Å². The molecule has 0 spiro atoms. The van der Waals surface area contributed by atoms with Crippen molar-refractivity contribution in [2.24, 2.45) is 0 Å². The van der Waals surface area contributed by atoms with Crippen LogP contribution in [0.3, 0.4) is 0 Å². The zero-order valence-electron chi connectivity index (χ0n) is 17.3. The highest BCUT2D eigenvalue weighted by Gasteiger charge is 2.40. The van der Waals surface area contributed by atoms with Crippen LogP contribution < -0.4 is 5.56 Å². The first-order valence-electron chi connectivity index (χ1n) is 11.3. The van der Waals surface area contributed by atoms with E-state index in [4.69, 9.17) is 0 Å². The van der Waals surface area contributed by atoms with Crippen molar-refractivity contribution in [3.8, 4) is 5.75 Å². The number of fused-ring (bicyclic) bond motifs is 1. The second-order valence-electron chi connectivity index (χ2n) is 9.15. The molecule has 6 heteroatoms. The lowest BCUT2D eigenvalue weighted by molar-refractivity contribution is 0.0609. The van der Waals surface area contributed by atoms with Crippen LogP contribution in [-0.4, -0.2) is 38.1 Å². The van der Waals surface area contributed by atoms with Gasteiger partial charge in [-0.3, -0.25) is 9.59 Å². The second kappa shape index (κ2) is 7.56. The van der Waals surface area contributed by atoms with Gasteiger partial charge in [0.2, 0.25) is 5.75 Å². The number of benzene rings is 1. The van der Waals surface area contributed by atoms with Crippen LogP contribution in [0.25, 0.3) is 0 Å². The maximum absolute atomic E-state index is 13.3. The van der Waals surface area contributed by atoms with Gasteiger partial charge in [0, 0.05) is 31.0 Å². The molecule has 1 N–H and O–H groups in total. The molecule has 1 aromatic heterocycles. The molecular weight excluding hydrogens is 378 g/mol. The van der Waals surface area contributed by atoms with E-state index >= 15 is 0 Å². The summed E-state index contributed by atoms with van der Waals surface area (Å²) in [5, 5.41) is 10.5. The van der Waals surface area contributed by atoms with E-state index in [9.17, 15) is 14.7 Å². The lowest BCUT2D eigenvalue weighted by Gasteiger charge is -2.36. The Morgan fingerprint density at radius 1 is 1.00 bits per heavy atom. The zero-order chi connectivity index (χ0) is 20.7. The maximum Gasteiger partial charge on any atom is 0.315 e. The van der Waals surface area contributed by atoms with Gasteiger partial charge in [-0.15, -0.1) is 0 Å². The summed E-state index contributed by atoms with van der Waals surface area (Å²) in [5.74, 6) is -0.0730. The number of hydrogen-bond donors (Lipinski definition) is 1. The predicted molar refractivity (Wildman–Crippen MR) is 114 cm³/mol. The van der Waals surface area contributed by atoms with Crippen LogP contribution in [0.2, 0.25) is 0 Å². The van der Waals surface area contributed by atoms with Crippen molar-refractivity contribution in [2.75, 3.05) is 6.54 Å². The molecule has 0 bridgehead atoms. The van der Waals surface area contributed by atoms with E-state index in [0.717, 1.165) is 51.4 Å². The van der Waals surface area contributed by atoms with Crippen molar-refractivity contribution in [3.63, 3.8) is 0 Å². The van der Waals surface area contributed by atoms with Gasteiger partial charge in [0.15, 0.2) is 5.69 Å². The summed E-state index contributed by atoms with van der Waals surface area (Å²) in [6, 6.07) is 10.7. The van der Waals surface area contributed by atoms with Crippen LogP contribution in [0, 0.1) is 0 Å². The predicted octanol–water partition coefficient (Wildman–Crippen LogP) is 3.40. The van der Waals surface area contributed by atoms with Gasteiger partial charge in [-0.05, 0) is 31.2 Å². The number of carbonyl (C=O) groups is 1. The minimum atomic E-state index is -0.681. The Hall–Kier alpha value is -2.63. The minimum Gasteiger partial charge on any atom is -0.501 e. The molecule has 30 heavy (non-hydrogen) atoms. The largest absolute Gasteiger partial charge is 0.501 e. The van der Waals surface area contributed by atoms with Gasteiger partial charge in [-0.25, -0.2) is 0 Å². The Morgan fingerprint density at radius 2 is 1.70 bits per heavy atom. The number of carbonyl (C=O) groups excluding carboxylic acids is 1. The molecule has 1 aliphatic heterocycles. The lowest BCUT2D eigenvalue weighted by atomic mass is 9.76. The molecule has 3 aliphatic rings. The molecular formula is C24H29N3O3. The Labute approximate surface area is 176 Å². The first-order valence-corrected chi connectivity index (χ1v) is 11.3. The zero-order valence-corrected chi connectivity index (χ0v) is 17.3. The number of aromatic nitrogens is 2. The van der Waals surface area contributed by atoms with Crippen molar-refractivity contribution in [3.05, 3.63) is 57.8 Å². The van der Waals surface area contributed by atoms with Gasteiger partial charge < -0.3 is 14.6 Å². The number of aromatic hydroxyl groups is 1. The van der Waals surface area contributed by atoms with Crippen LogP contribution in [0.15, 0.2) is 35.1 Å². The molecule has 2 aromatic rings. The van der Waals surface area contributed by atoms with Gasteiger partial charge in [-0.1, -0.05) is 56.0 Å². The first kappa shape index (κ1) is 19.3. The van der Waals surface area contributed by atoms with E-state index in [1.165, 1.54) is 5.56 Å². The van der Waals surface area contributed by atoms with E-state index in [1.807, 2.05) is 15.5 Å². The van der Waals surface area contributed by atoms with Crippen molar-refractivity contribution in [1.29, 1.82) is 0 Å². The smallest absolute Gasteiger partial charge is 0.315 e. The second-order valence-corrected chi connectivity index (χ2v) is 9.15. The summed E-state index contributed by atoms with van der Waals surface area (Å²) in [6.45, 7) is 1.20. The molecule has 158 valence electrons. The normalized spacial score (nSPS) is 21.2. The third-order valence-electron chi connectivity index (χ3n) is 7.48. The third kappa shape index (κ3) is 3.13. The fraction of sp³-hybridized carbons (Fsp3) is 0.542. The van der Waals surface area contributed by atoms with E-state index in [0.29, 0.717) is 25.3 Å². The summed E-state index contributed by atoms with van der Waals surface area (Å²) in [5.41, 5.74) is 0.668. The SMILES string of the molecule is O=C1c2c(O)c(=O)nc(CC3(c4ccccc4)CCCC3)n2CCN1C1CCCC1. The summed E-state index contributed by atoms with van der Waals surface area (Å²) in [4.78, 5) is 32.0. The molecule has 1 amide bonds. The highest BCUT2D eigenvalue weighted by Crippen LogP contribution is 2.43. The molecule has 6 nitrogen and oxygen atoms in total. The van der Waals surface area contributed by atoms with Crippen LogP contribution in [0.4, 0.5) is 0 Å². The highest BCUT2D eigenvalue weighted by molar-refractivity contribution is 5.96. The fourth-order valence-electron chi connectivity index (χ4n) is 5.90. The van der Waals surface area contributed by atoms with Crippen LogP contribution in [0.1, 0.15) is 73.2 Å². The molecule has 2 aliphatic carbocycles. The van der Waals surface area contributed by atoms with E-state index in [1.54, 1.807) is 0 Å². The Morgan fingerprint density at radius 3 is 2.40 bits per heavy atom. The van der Waals surface area contributed by atoms with Gasteiger partial charge in [0.1, 0.15) is 5.82 Å². The molecule has 5 rings (SSSR count). The van der Waals surface area contributed by atoms with Gasteiger partial charge in [-0.2, -0.15) is 4.98 Å². The first-order chi connectivity index (χ1) is 14.6. The fourth-order valence-corrected chi connectivity index (χ4v) is 5.90. The minimum absolute atomic E-state index is 0.0654. The van der Waals surface area contributed by atoms with Gasteiger partial charge in [0.05, 0.1) is 0 Å². The molecule has 0 radical (unpaired) electrons. The third-order valence-corrected chi connectivity index (χ3v) is 7.48. The van der Waals surface area contributed by atoms with Crippen LogP contribution >= 0.6 is 0 Å². The molecule has 2 fully saturated rings. The number of amides is 1. The van der Waals surface area contributed by atoms with Gasteiger partial charge >= 0.3 is 5.56 Å². The molecule has 0 unspecified atom stereocenters. The molecule has 1 aromatic carbocycles. The number of rotatable bonds is 4. The maximum atomic E-state index is 13.3. The average Bonchev–Trinajstić information content (AvgIpc) is 3.45. The Bertz CT molecular complexity index is 1000. The molecule has 0 atom stereocenters. The number of hydrogen-bond acceptors (Lipinski definition) is 4. The van der Waals surface area contributed by atoms with Crippen LogP contribution in [0.5, 0.6) is 5.75 Å². The molecule has 2 saturated carbocycles. The molecule has 0 saturated heterocycles. The Kier molecular flexibility index (Phi) is 4.88. The van der Waals surface area contributed by atoms with Crippen molar-refractivity contribution in [1.82, 2.24) is 14.5 Å². The quantitative estimate of drug-likeness (QED) is 0.843. The van der Waals surface area contributed by atoms with Crippen LogP contribution in [-0.2, 0) is 18.4 Å². The van der Waals surface area contributed by atoms with E-state index in [-0.39, 0.29) is 23.1 Å². The number of nitrogens with zero attached hydrogens (tertiary/aromatic N) is 3. The monoisotopic (exact) mass is 407 g/mol. The highest BCUT2D eigenvalue weighted by atomic mass is 16.3. The summed E-state index contributed by atoms with van der Waals surface area (Å²) in [7, 11) is 0. The standard InChI is InChI=1S/C24H29N3O3/c28-21-20-23(30)26(18-10-4-5-11-18)14-15-27(20)19(25-22(21)29)16-24(12-6-7-13-24)17-8-2-1-3-9-17/h1-3,8-9,18,28H,4-7,10-16H2. The van der Waals surface area contributed by atoms with E-state index in [2.05, 4.69) is 29.2 Å². The lowest BCUT2D eigenvalue weighted by Crippen LogP contribution is -2.47. The Balaban J connectivity index is 1.55. The van der Waals surface area contributed by atoms with Gasteiger partial charge in [0.25, 0.3) is 5.91 Å². The van der Waals surface area contributed by atoms with Crippen molar-refractivity contribution >= 4 is 5.91 Å². The van der Waals surface area contributed by atoms with Crippen molar-refractivity contribution in [2.45, 2.75) is 75.8 Å². The van der Waals surface area contributed by atoms with Crippen molar-refractivity contribution < 1.29 is 9.90 Å².